The van der Waals surface area contributed by atoms with Gasteiger partial charge in [-0.3, -0.25) is 4.79 Å². The summed E-state index contributed by atoms with van der Waals surface area (Å²) in [5.74, 6) is 0.429. The molecule has 100 valence electrons. The number of nitrogens with one attached hydrogen (secondary N) is 1. The number of amides is 1. The second kappa shape index (κ2) is 5.69. The standard InChI is InChI=1S/C15H18N2O2/c1-4-13(12-7-5-10(2)6-8-12)16-15(18)14-9-11(3)19-17-14/h5-9,13H,4H2,1-3H3,(H,16,18)/t13-/m0/s1. The van der Waals surface area contributed by atoms with Gasteiger partial charge in [0, 0.05) is 6.07 Å². The van der Waals surface area contributed by atoms with E-state index < -0.39 is 0 Å². The third-order valence-corrected chi connectivity index (χ3v) is 3.05. The molecule has 4 heteroatoms. The van der Waals surface area contributed by atoms with Gasteiger partial charge >= 0.3 is 0 Å². The van der Waals surface area contributed by atoms with Crippen molar-refractivity contribution in [1.82, 2.24) is 10.5 Å². The predicted molar refractivity (Wildman–Crippen MR) is 72.9 cm³/mol. The molecule has 1 heterocycles. The molecule has 0 saturated carbocycles. The van der Waals surface area contributed by atoms with Crippen LogP contribution in [0.25, 0.3) is 0 Å². The van der Waals surface area contributed by atoms with E-state index in [9.17, 15) is 4.79 Å². The topological polar surface area (TPSA) is 55.1 Å². The highest BCUT2D eigenvalue weighted by molar-refractivity contribution is 5.92. The molecule has 19 heavy (non-hydrogen) atoms. The van der Waals surface area contributed by atoms with E-state index >= 15 is 0 Å². The predicted octanol–water partition coefficient (Wildman–Crippen LogP) is 3.17. The largest absolute Gasteiger partial charge is 0.361 e. The molecule has 1 aromatic heterocycles. The van der Waals surface area contributed by atoms with Crippen LogP contribution in [0.3, 0.4) is 0 Å². The highest BCUT2D eigenvalue weighted by Crippen LogP contribution is 2.17. The number of aryl methyl sites for hydroxylation is 2. The van der Waals surface area contributed by atoms with Crippen LogP contribution in [0.1, 0.15) is 46.8 Å². The van der Waals surface area contributed by atoms with Crippen molar-refractivity contribution in [2.45, 2.75) is 33.2 Å². The third-order valence-electron chi connectivity index (χ3n) is 3.05. The van der Waals surface area contributed by atoms with Gasteiger partial charge in [0.15, 0.2) is 5.69 Å². The van der Waals surface area contributed by atoms with Gasteiger partial charge in [-0.25, -0.2) is 0 Å². The highest BCUT2D eigenvalue weighted by Gasteiger charge is 2.16. The fourth-order valence-corrected chi connectivity index (χ4v) is 1.93. The highest BCUT2D eigenvalue weighted by atomic mass is 16.5. The maximum Gasteiger partial charge on any atom is 0.273 e. The van der Waals surface area contributed by atoms with Crippen LogP contribution < -0.4 is 5.32 Å². The zero-order valence-corrected chi connectivity index (χ0v) is 11.4. The number of benzene rings is 1. The number of nitrogens with zero attached hydrogens (tertiary/aromatic N) is 1. The molecule has 0 bridgehead atoms. The fraction of sp³-hybridized carbons (Fsp3) is 0.333. The van der Waals surface area contributed by atoms with Gasteiger partial charge in [-0.2, -0.15) is 0 Å². The Labute approximate surface area is 112 Å². The molecule has 1 N–H and O–H groups in total. The molecule has 4 nitrogen and oxygen atoms in total. The number of hydrogen-bond acceptors (Lipinski definition) is 3. The van der Waals surface area contributed by atoms with Crippen LogP contribution in [0.4, 0.5) is 0 Å². The summed E-state index contributed by atoms with van der Waals surface area (Å²) >= 11 is 0. The van der Waals surface area contributed by atoms with E-state index in [4.69, 9.17) is 4.52 Å². The van der Waals surface area contributed by atoms with Crippen LogP contribution >= 0.6 is 0 Å². The van der Waals surface area contributed by atoms with E-state index in [1.165, 1.54) is 5.56 Å². The summed E-state index contributed by atoms with van der Waals surface area (Å²) in [6.45, 7) is 5.85. The smallest absolute Gasteiger partial charge is 0.273 e. The Bertz CT molecular complexity index is 558. The molecule has 2 aromatic rings. The molecule has 0 unspecified atom stereocenters. The molecular formula is C15H18N2O2. The first-order valence-electron chi connectivity index (χ1n) is 6.41. The van der Waals surface area contributed by atoms with E-state index in [2.05, 4.69) is 10.5 Å². The Kier molecular flexibility index (Phi) is 4.00. The SMILES string of the molecule is CC[C@H](NC(=O)c1cc(C)on1)c1ccc(C)cc1. The molecule has 0 aliphatic rings. The van der Waals surface area contributed by atoms with Gasteiger partial charge in [0.25, 0.3) is 5.91 Å². The number of rotatable bonds is 4. The zero-order chi connectivity index (χ0) is 13.8. The number of carbonyl (C=O) groups is 1. The summed E-state index contributed by atoms with van der Waals surface area (Å²) < 4.78 is 4.91. The Morgan fingerprint density at radius 2 is 2.00 bits per heavy atom. The lowest BCUT2D eigenvalue weighted by Gasteiger charge is -2.16. The van der Waals surface area contributed by atoms with Crippen LogP contribution in [-0.4, -0.2) is 11.1 Å². The molecule has 0 saturated heterocycles. The molecule has 1 amide bonds. The lowest BCUT2D eigenvalue weighted by molar-refractivity contribution is 0.0926. The van der Waals surface area contributed by atoms with Crippen LogP contribution in [0, 0.1) is 13.8 Å². The van der Waals surface area contributed by atoms with E-state index in [1.54, 1.807) is 13.0 Å². The molecule has 0 fully saturated rings. The van der Waals surface area contributed by atoms with Gasteiger partial charge in [-0.1, -0.05) is 41.9 Å². The Balaban J connectivity index is 2.11. The monoisotopic (exact) mass is 258 g/mol. The normalized spacial score (nSPS) is 12.2. The van der Waals surface area contributed by atoms with E-state index in [1.807, 2.05) is 38.1 Å². The van der Waals surface area contributed by atoms with Gasteiger partial charge in [-0.05, 0) is 25.8 Å². The summed E-state index contributed by atoms with van der Waals surface area (Å²) in [6.07, 6.45) is 0.825. The average Bonchev–Trinajstić information content (AvgIpc) is 2.84. The van der Waals surface area contributed by atoms with Gasteiger partial charge in [-0.15, -0.1) is 0 Å². The van der Waals surface area contributed by atoms with Gasteiger partial charge in [0.05, 0.1) is 6.04 Å². The molecular weight excluding hydrogens is 240 g/mol. The number of carbonyl (C=O) groups excluding carboxylic acids is 1. The van der Waals surface area contributed by atoms with Crippen molar-refractivity contribution in [2.24, 2.45) is 0 Å². The first-order valence-corrected chi connectivity index (χ1v) is 6.41. The van der Waals surface area contributed by atoms with Crippen LogP contribution in [-0.2, 0) is 0 Å². The lowest BCUT2D eigenvalue weighted by atomic mass is 10.0. The quantitative estimate of drug-likeness (QED) is 0.916. The fourth-order valence-electron chi connectivity index (χ4n) is 1.93. The minimum Gasteiger partial charge on any atom is -0.361 e. The summed E-state index contributed by atoms with van der Waals surface area (Å²) in [5.41, 5.74) is 2.63. The van der Waals surface area contributed by atoms with Crippen molar-refractivity contribution in [2.75, 3.05) is 0 Å². The van der Waals surface area contributed by atoms with E-state index in [0.29, 0.717) is 11.5 Å². The maximum atomic E-state index is 12.0. The molecule has 0 aliphatic carbocycles. The summed E-state index contributed by atoms with van der Waals surface area (Å²) in [6, 6.07) is 9.80. The average molecular weight is 258 g/mol. The van der Waals surface area contributed by atoms with Gasteiger partial charge in [0.1, 0.15) is 5.76 Å². The van der Waals surface area contributed by atoms with Crippen molar-refractivity contribution in [3.63, 3.8) is 0 Å². The lowest BCUT2D eigenvalue weighted by Crippen LogP contribution is -2.28. The van der Waals surface area contributed by atoms with Crippen molar-refractivity contribution in [1.29, 1.82) is 0 Å². The van der Waals surface area contributed by atoms with Crippen LogP contribution in [0.5, 0.6) is 0 Å². The van der Waals surface area contributed by atoms with Crippen LogP contribution in [0.15, 0.2) is 34.9 Å². The summed E-state index contributed by atoms with van der Waals surface area (Å²) in [7, 11) is 0. The van der Waals surface area contributed by atoms with Gasteiger partial charge in [0.2, 0.25) is 0 Å². The molecule has 0 aliphatic heterocycles. The van der Waals surface area contributed by atoms with Crippen molar-refractivity contribution < 1.29 is 9.32 Å². The second-order valence-electron chi connectivity index (χ2n) is 4.67. The Morgan fingerprint density at radius 1 is 1.32 bits per heavy atom. The van der Waals surface area contributed by atoms with Crippen LogP contribution in [0.2, 0.25) is 0 Å². The Morgan fingerprint density at radius 3 is 2.53 bits per heavy atom. The number of hydrogen-bond donors (Lipinski definition) is 1. The maximum absolute atomic E-state index is 12.0. The second-order valence-corrected chi connectivity index (χ2v) is 4.67. The molecule has 1 atom stereocenters. The zero-order valence-electron chi connectivity index (χ0n) is 11.4. The molecule has 0 spiro atoms. The summed E-state index contributed by atoms with van der Waals surface area (Å²) in [5, 5.41) is 6.69. The first kappa shape index (κ1) is 13.3. The van der Waals surface area contributed by atoms with Crippen molar-refractivity contribution in [3.05, 3.63) is 52.9 Å². The summed E-state index contributed by atoms with van der Waals surface area (Å²) in [4.78, 5) is 12.0. The third kappa shape index (κ3) is 3.22. The minimum atomic E-state index is -0.204. The van der Waals surface area contributed by atoms with E-state index in [-0.39, 0.29) is 11.9 Å². The van der Waals surface area contributed by atoms with Crippen molar-refractivity contribution in [3.8, 4) is 0 Å². The first-order chi connectivity index (χ1) is 9.10. The molecule has 0 radical (unpaired) electrons. The van der Waals surface area contributed by atoms with Crippen molar-refractivity contribution >= 4 is 5.91 Å². The van der Waals surface area contributed by atoms with E-state index in [0.717, 1.165) is 12.0 Å². The molecule has 1 aromatic carbocycles. The Hall–Kier alpha value is -2.10. The minimum absolute atomic E-state index is 0.00916. The number of aromatic nitrogens is 1. The molecule has 2 rings (SSSR count). The van der Waals surface area contributed by atoms with Gasteiger partial charge < -0.3 is 9.84 Å².